The number of hydrogen-bond acceptors (Lipinski definition) is 4. The molecule has 0 saturated carbocycles. The number of epoxide rings is 1. The number of aliphatic hydroxyl groups is 1. The van der Waals surface area contributed by atoms with E-state index in [9.17, 15) is 5.11 Å². The lowest BCUT2D eigenvalue weighted by Crippen LogP contribution is -2.53. The molecule has 0 unspecified atom stereocenters. The van der Waals surface area contributed by atoms with Gasteiger partial charge in [0.1, 0.15) is 17.3 Å². The Morgan fingerprint density at radius 2 is 1.80 bits per heavy atom. The predicted octanol–water partition coefficient (Wildman–Crippen LogP) is 1.07. The molecule has 0 aromatic carbocycles. The van der Waals surface area contributed by atoms with Crippen molar-refractivity contribution in [1.82, 2.24) is 0 Å². The van der Waals surface area contributed by atoms with Crippen molar-refractivity contribution in [3.8, 4) is 0 Å². The molecule has 1 N–H and O–H groups in total. The first-order chi connectivity index (χ1) is 6.70. The van der Waals surface area contributed by atoms with Gasteiger partial charge in [-0.25, -0.2) is 0 Å². The molecule has 0 aromatic rings. The van der Waals surface area contributed by atoms with Crippen LogP contribution in [-0.2, 0) is 14.2 Å². The van der Waals surface area contributed by atoms with E-state index in [1.54, 1.807) is 0 Å². The van der Waals surface area contributed by atoms with Gasteiger partial charge in [0.05, 0.1) is 12.7 Å². The highest BCUT2D eigenvalue weighted by atomic mass is 16.8. The van der Waals surface area contributed by atoms with Crippen molar-refractivity contribution in [1.29, 1.82) is 0 Å². The van der Waals surface area contributed by atoms with Crippen molar-refractivity contribution < 1.29 is 19.3 Å². The Bertz CT molecular complexity index is 272. The Labute approximate surface area is 90.5 Å². The molecule has 0 aromatic heterocycles. The molecule has 2 rings (SSSR count). The third kappa shape index (κ3) is 1.69. The van der Waals surface area contributed by atoms with Crippen molar-refractivity contribution in [2.75, 3.05) is 6.61 Å². The number of hydrogen-bond donors (Lipinski definition) is 1. The quantitative estimate of drug-likeness (QED) is 0.701. The Morgan fingerprint density at radius 1 is 1.27 bits per heavy atom. The number of ether oxygens (including phenoxy) is 3. The molecule has 2 aliphatic rings. The summed E-state index contributed by atoms with van der Waals surface area (Å²) in [6.45, 7) is 9.99. The average molecular weight is 216 g/mol. The maximum atomic E-state index is 10.3. The standard InChI is InChI=1S/C11H20O4/c1-7-11(5,15-9(2,3)14-7)8(12)10(4)6-13-10/h7-8,12H,6H2,1-5H3/t7-,8-,10+,11+/m1/s1. The Hall–Kier alpha value is -0.160. The van der Waals surface area contributed by atoms with Crippen LogP contribution < -0.4 is 0 Å². The molecule has 0 amide bonds. The van der Waals surface area contributed by atoms with Crippen LogP contribution in [0.4, 0.5) is 0 Å². The van der Waals surface area contributed by atoms with Crippen molar-refractivity contribution in [3.63, 3.8) is 0 Å². The van der Waals surface area contributed by atoms with Crippen LogP contribution in [0.2, 0.25) is 0 Å². The van der Waals surface area contributed by atoms with Gasteiger partial charge in [0, 0.05) is 0 Å². The van der Waals surface area contributed by atoms with Crippen molar-refractivity contribution in [2.24, 2.45) is 0 Å². The molecule has 2 aliphatic heterocycles. The van der Waals surface area contributed by atoms with E-state index in [2.05, 4.69) is 0 Å². The van der Waals surface area contributed by atoms with Gasteiger partial charge in [-0.15, -0.1) is 0 Å². The molecule has 4 atom stereocenters. The normalized spacial score (nSPS) is 50.4. The summed E-state index contributed by atoms with van der Waals surface area (Å²) in [7, 11) is 0. The van der Waals surface area contributed by atoms with Gasteiger partial charge in [0.25, 0.3) is 0 Å². The van der Waals surface area contributed by atoms with Crippen LogP contribution in [-0.4, -0.2) is 40.9 Å². The molecule has 0 radical (unpaired) electrons. The van der Waals surface area contributed by atoms with E-state index in [1.807, 2.05) is 34.6 Å². The van der Waals surface area contributed by atoms with Crippen LogP contribution in [0.3, 0.4) is 0 Å². The molecule has 2 fully saturated rings. The van der Waals surface area contributed by atoms with E-state index in [0.29, 0.717) is 6.61 Å². The third-order valence-electron chi connectivity index (χ3n) is 3.45. The fraction of sp³-hybridized carbons (Fsp3) is 1.00. The summed E-state index contributed by atoms with van der Waals surface area (Å²) in [5.74, 6) is -0.638. The maximum absolute atomic E-state index is 10.3. The average Bonchev–Trinajstić information content (AvgIpc) is 2.76. The summed E-state index contributed by atoms with van der Waals surface area (Å²) < 4.78 is 16.8. The second-order valence-electron chi connectivity index (χ2n) is 5.45. The Balaban J connectivity index is 2.19. The summed E-state index contributed by atoms with van der Waals surface area (Å²) in [5.41, 5.74) is -1.17. The SMILES string of the molecule is C[C@H]1OC(C)(C)O[C@]1(C)[C@H](O)[C@]1(C)CO1. The van der Waals surface area contributed by atoms with Gasteiger partial charge in [-0.3, -0.25) is 0 Å². The second kappa shape index (κ2) is 2.94. The minimum absolute atomic E-state index is 0.150. The van der Waals surface area contributed by atoms with Crippen molar-refractivity contribution in [3.05, 3.63) is 0 Å². The van der Waals surface area contributed by atoms with E-state index >= 15 is 0 Å². The summed E-state index contributed by atoms with van der Waals surface area (Å²) in [6, 6.07) is 0. The van der Waals surface area contributed by atoms with E-state index < -0.39 is 23.1 Å². The smallest absolute Gasteiger partial charge is 0.164 e. The summed E-state index contributed by atoms with van der Waals surface area (Å²) >= 11 is 0. The topological polar surface area (TPSA) is 51.2 Å². The molecule has 2 heterocycles. The molecular weight excluding hydrogens is 196 g/mol. The van der Waals surface area contributed by atoms with Gasteiger partial charge in [-0.1, -0.05) is 0 Å². The largest absolute Gasteiger partial charge is 0.387 e. The number of rotatable bonds is 2. The van der Waals surface area contributed by atoms with E-state index in [4.69, 9.17) is 14.2 Å². The molecule has 4 heteroatoms. The molecular formula is C11H20O4. The van der Waals surface area contributed by atoms with E-state index in [-0.39, 0.29) is 6.10 Å². The Morgan fingerprint density at radius 3 is 2.13 bits per heavy atom. The second-order valence-corrected chi connectivity index (χ2v) is 5.45. The van der Waals surface area contributed by atoms with Crippen LogP contribution in [0.25, 0.3) is 0 Å². The van der Waals surface area contributed by atoms with E-state index in [1.165, 1.54) is 0 Å². The first-order valence-electron chi connectivity index (χ1n) is 5.40. The molecule has 15 heavy (non-hydrogen) atoms. The summed E-state index contributed by atoms with van der Waals surface area (Å²) in [4.78, 5) is 0. The monoisotopic (exact) mass is 216 g/mol. The highest BCUT2D eigenvalue weighted by Gasteiger charge is 2.61. The van der Waals surface area contributed by atoms with Gasteiger partial charge < -0.3 is 19.3 Å². The van der Waals surface area contributed by atoms with Gasteiger partial charge >= 0.3 is 0 Å². The molecule has 0 spiro atoms. The van der Waals surface area contributed by atoms with Crippen molar-refractivity contribution >= 4 is 0 Å². The highest BCUT2D eigenvalue weighted by Crippen LogP contribution is 2.45. The zero-order chi connectivity index (χ0) is 11.5. The zero-order valence-corrected chi connectivity index (χ0v) is 10.0. The lowest BCUT2D eigenvalue weighted by Gasteiger charge is -2.34. The summed E-state index contributed by atoms with van der Waals surface area (Å²) in [5, 5.41) is 10.3. The highest BCUT2D eigenvalue weighted by molar-refractivity contribution is 5.08. The minimum Gasteiger partial charge on any atom is -0.387 e. The molecule has 88 valence electrons. The number of aliphatic hydroxyl groups excluding tert-OH is 1. The summed E-state index contributed by atoms with van der Waals surface area (Å²) in [6.07, 6.45) is -0.815. The van der Waals surface area contributed by atoms with Gasteiger partial charge in [0.15, 0.2) is 5.79 Å². The van der Waals surface area contributed by atoms with Gasteiger partial charge in [-0.05, 0) is 34.6 Å². The third-order valence-corrected chi connectivity index (χ3v) is 3.45. The molecule has 0 aliphatic carbocycles. The first-order valence-corrected chi connectivity index (χ1v) is 5.40. The van der Waals surface area contributed by atoms with Gasteiger partial charge in [0.2, 0.25) is 0 Å². The zero-order valence-electron chi connectivity index (χ0n) is 10.0. The molecule has 4 nitrogen and oxygen atoms in total. The minimum atomic E-state index is -0.700. The molecule has 0 bridgehead atoms. The lowest BCUT2D eigenvalue weighted by atomic mass is 9.86. The maximum Gasteiger partial charge on any atom is 0.164 e. The fourth-order valence-electron chi connectivity index (χ4n) is 2.34. The van der Waals surface area contributed by atoms with Crippen LogP contribution >= 0.6 is 0 Å². The fourth-order valence-corrected chi connectivity index (χ4v) is 2.34. The Kier molecular flexibility index (Phi) is 2.22. The van der Waals surface area contributed by atoms with Crippen LogP contribution in [0, 0.1) is 0 Å². The van der Waals surface area contributed by atoms with Crippen molar-refractivity contribution in [2.45, 2.75) is 63.8 Å². The lowest BCUT2D eigenvalue weighted by molar-refractivity contribution is -0.186. The van der Waals surface area contributed by atoms with E-state index in [0.717, 1.165) is 0 Å². The van der Waals surface area contributed by atoms with Crippen LogP contribution in [0.1, 0.15) is 34.6 Å². The van der Waals surface area contributed by atoms with Gasteiger partial charge in [-0.2, -0.15) is 0 Å². The van der Waals surface area contributed by atoms with Crippen LogP contribution in [0.5, 0.6) is 0 Å². The molecule has 2 saturated heterocycles. The van der Waals surface area contributed by atoms with Crippen LogP contribution in [0.15, 0.2) is 0 Å². The predicted molar refractivity (Wildman–Crippen MR) is 54.5 cm³/mol. The first kappa shape index (κ1) is 11.3.